The van der Waals surface area contributed by atoms with E-state index in [-0.39, 0.29) is 11.1 Å². The van der Waals surface area contributed by atoms with Crippen LogP contribution in [-0.4, -0.2) is 22.0 Å². The summed E-state index contributed by atoms with van der Waals surface area (Å²) >= 11 is 0. The highest BCUT2D eigenvalue weighted by Crippen LogP contribution is 2.45. The molecule has 0 fully saturated rings. The van der Waals surface area contributed by atoms with Crippen molar-refractivity contribution in [3.8, 4) is 0 Å². The lowest BCUT2D eigenvalue weighted by Gasteiger charge is -2.28. The predicted molar refractivity (Wildman–Crippen MR) is 104 cm³/mol. The zero-order chi connectivity index (χ0) is 19.9. The van der Waals surface area contributed by atoms with Crippen LogP contribution in [0.4, 0.5) is 0 Å². The van der Waals surface area contributed by atoms with Gasteiger partial charge < -0.3 is 0 Å². The van der Waals surface area contributed by atoms with Crippen molar-refractivity contribution in [3.63, 3.8) is 0 Å². The van der Waals surface area contributed by atoms with Crippen LogP contribution >= 0.6 is 0 Å². The Labute approximate surface area is 161 Å². The maximum absolute atomic E-state index is 13.4. The molecule has 0 unspecified atom stereocenters. The zero-order valence-corrected chi connectivity index (χ0v) is 15.2. The molecule has 0 bridgehead atoms. The summed E-state index contributed by atoms with van der Waals surface area (Å²) in [4.78, 5) is 38.5. The summed E-state index contributed by atoms with van der Waals surface area (Å²) in [5.41, 5.74) is -0.103. The van der Waals surface area contributed by atoms with E-state index in [9.17, 15) is 19.7 Å². The molecule has 5 heteroatoms. The van der Waals surface area contributed by atoms with Gasteiger partial charge >= 0.3 is 5.54 Å². The van der Waals surface area contributed by atoms with Crippen LogP contribution in [0.25, 0.3) is 0 Å². The minimum Gasteiger partial charge on any atom is -0.285 e. The number of hydrogen-bond donors (Lipinski definition) is 0. The second kappa shape index (κ2) is 6.53. The number of Topliss-reactive ketones (excluding diaryl/α,β-unsaturated/α-hetero) is 2. The van der Waals surface area contributed by atoms with E-state index in [2.05, 4.69) is 0 Å². The molecule has 0 radical (unpaired) electrons. The molecule has 1 aliphatic rings. The van der Waals surface area contributed by atoms with Crippen LogP contribution in [-0.2, 0) is 0 Å². The SMILES string of the molecule is Cc1ccc([C@@H](c2ccccc2)C2([N+](=O)[O-])C(=O)c3ccccc3C2=O)cc1. The van der Waals surface area contributed by atoms with Gasteiger partial charge in [-0.3, -0.25) is 19.7 Å². The number of benzene rings is 3. The first kappa shape index (κ1) is 17.8. The summed E-state index contributed by atoms with van der Waals surface area (Å²) in [6.07, 6.45) is 0. The number of fused-ring (bicyclic) bond motifs is 1. The fraction of sp³-hybridized carbons (Fsp3) is 0.130. The van der Waals surface area contributed by atoms with Gasteiger partial charge in [0.05, 0.1) is 5.92 Å². The van der Waals surface area contributed by atoms with Gasteiger partial charge in [0, 0.05) is 16.1 Å². The van der Waals surface area contributed by atoms with Crippen LogP contribution in [0.1, 0.15) is 43.3 Å². The molecule has 4 rings (SSSR count). The van der Waals surface area contributed by atoms with Crippen LogP contribution in [0, 0.1) is 17.0 Å². The van der Waals surface area contributed by atoms with Crippen molar-refractivity contribution in [2.24, 2.45) is 0 Å². The zero-order valence-electron chi connectivity index (χ0n) is 15.2. The molecule has 0 saturated heterocycles. The number of carbonyl (C=O) groups excluding carboxylic acids is 2. The maximum atomic E-state index is 13.4. The van der Waals surface area contributed by atoms with E-state index in [0.717, 1.165) is 5.56 Å². The molecular weight excluding hydrogens is 354 g/mol. The van der Waals surface area contributed by atoms with Crippen molar-refractivity contribution < 1.29 is 14.5 Å². The second-order valence-corrected chi connectivity index (χ2v) is 6.98. The summed E-state index contributed by atoms with van der Waals surface area (Å²) in [5, 5.41) is 12.4. The molecule has 0 saturated carbocycles. The van der Waals surface area contributed by atoms with Crippen LogP contribution in [0.3, 0.4) is 0 Å². The van der Waals surface area contributed by atoms with E-state index in [4.69, 9.17) is 0 Å². The van der Waals surface area contributed by atoms with E-state index < -0.39 is 27.9 Å². The highest BCUT2D eigenvalue weighted by Gasteiger charge is 2.68. The van der Waals surface area contributed by atoms with Crippen molar-refractivity contribution in [1.82, 2.24) is 0 Å². The highest BCUT2D eigenvalue weighted by atomic mass is 16.6. The largest absolute Gasteiger partial charge is 0.355 e. The Morgan fingerprint density at radius 1 is 0.750 bits per heavy atom. The fourth-order valence-electron chi connectivity index (χ4n) is 4.01. The minimum absolute atomic E-state index is 0.109. The molecule has 3 aromatic carbocycles. The topological polar surface area (TPSA) is 77.3 Å². The second-order valence-electron chi connectivity index (χ2n) is 6.98. The normalized spacial score (nSPS) is 15.9. The average molecular weight is 371 g/mol. The van der Waals surface area contributed by atoms with Crippen LogP contribution < -0.4 is 0 Å². The van der Waals surface area contributed by atoms with Gasteiger partial charge in [-0.25, -0.2) is 0 Å². The molecule has 0 heterocycles. The lowest BCUT2D eigenvalue weighted by atomic mass is 9.72. The maximum Gasteiger partial charge on any atom is 0.355 e. The highest BCUT2D eigenvalue weighted by molar-refractivity contribution is 6.32. The molecule has 0 aliphatic heterocycles. The minimum atomic E-state index is -2.42. The Morgan fingerprint density at radius 2 is 1.21 bits per heavy atom. The number of nitrogens with zero attached hydrogens (tertiary/aromatic N) is 1. The number of aryl methyl sites for hydroxylation is 1. The van der Waals surface area contributed by atoms with Gasteiger partial charge in [0.2, 0.25) is 11.6 Å². The van der Waals surface area contributed by atoms with Gasteiger partial charge in [0.25, 0.3) is 0 Å². The quantitative estimate of drug-likeness (QED) is 0.391. The molecule has 0 aromatic heterocycles. The van der Waals surface area contributed by atoms with E-state index in [0.29, 0.717) is 11.1 Å². The van der Waals surface area contributed by atoms with Crippen molar-refractivity contribution in [1.29, 1.82) is 0 Å². The van der Waals surface area contributed by atoms with Gasteiger partial charge in [0.15, 0.2) is 0 Å². The molecule has 0 N–H and O–H groups in total. The summed E-state index contributed by atoms with van der Waals surface area (Å²) in [6.45, 7) is 1.91. The molecular formula is C23H17NO4. The third-order valence-electron chi connectivity index (χ3n) is 5.36. The Hall–Kier alpha value is -3.60. The van der Waals surface area contributed by atoms with Crippen LogP contribution in [0.2, 0.25) is 0 Å². The summed E-state index contributed by atoms with van der Waals surface area (Å²) in [6, 6.07) is 22.1. The Kier molecular flexibility index (Phi) is 4.15. The summed E-state index contributed by atoms with van der Waals surface area (Å²) in [5.74, 6) is -2.54. The molecule has 138 valence electrons. The van der Waals surface area contributed by atoms with Crippen molar-refractivity contribution >= 4 is 11.6 Å². The van der Waals surface area contributed by atoms with Crippen LogP contribution in [0.15, 0.2) is 78.9 Å². The van der Waals surface area contributed by atoms with Gasteiger partial charge in [-0.1, -0.05) is 84.4 Å². The molecule has 5 nitrogen and oxygen atoms in total. The van der Waals surface area contributed by atoms with Gasteiger partial charge in [-0.05, 0) is 18.1 Å². The van der Waals surface area contributed by atoms with Crippen molar-refractivity contribution in [3.05, 3.63) is 117 Å². The molecule has 0 amide bonds. The average Bonchev–Trinajstić information content (AvgIpc) is 2.94. The first-order chi connectivity index (χ1) is 13.5. The Bertz CT molecular complexity index is 1050. The summed E-state index contributed by atoms with van der Waals surface area (Å²) < 4.78 is 0. The number of nitro groups is 1. The van der Waals surface area contributed by atoms with Gasteiger partial charge in [-0.15, -0.1) is 0 Å². The Balaban J connectivity index is 2.03. The van der Waals surface area contributed by atoms with E-state index in [1.165, 1.54) is 12.1 Å². The number of rotatable bonds is 4. The first-order valence-electron chi connectivity index (χ1n) is 8.92. The standard InChI is InChI=1S/C23H17NO4/c1-15-11-13-17(14-12-15)20(16-7-3-2-4-8-16)23(24(27)28)21(25)18-9-5-6-10-19(18)22(23)26/h2-14,20H,1H3/t20-/m1/s1. The predicted octanol–water partition coefficient (Wildman–Crippen LogP) is 4.22. The van der Waals surface area contributed by atoms with E-state index >= 15 is 0 Å². The third kappa shape index (κ3) is 2.40. The molecule has 3 aromatic rings. The monoisotopic (exact) mass is 371 g/mol. The summed E-state index contributed by atoms with van der Waals surface area (Å²) in [7, 11) is 0. The lowest BCUT2D eigenvalue weighted by Crippen LogP contribution is -2.54. The van der Waals surface area contributed by atoms with Gasteiger partial charge in [-0.2, -0.15) is 0 Å². The Morgan fingerprint density at radius 3 is 1.71 bits per heavy atom. The number of carbonyl (C=O) groups is 2. The van der Waals surface area contributed by atoms with Crippen LogP contribution in [0.5, 0.6) is 0 Å². The third-order valence-corrected chi connectivity index (χ3v) is 5.36. The lowest BCUT2D eigenvalue weighted by molar-refractivity contribution is -0.532. The number of ketones is 2. The first-order valence-corrected chi connectivity index (χ1v) is 8.92. The van der Waals surface area contributed by atoms with E-state index in [1.54, 1.807) is 54.6 Å². The smallest absolute Gasteiger partial charge is 0.285 e. The number of hydrogen-bond acceptors (Lipinski definition) is 4. The molecule has 28 heavy (non-hydrogen) atoms. The van der Waals surface area contributed by atoms with Crippen molar-refractivity contribution in [2.75, 3.05) is 0 Å². The van der Waals surface area contributed by atoms with Gasteiger partial charge in [0.1, 0.15) is 0 Å². The van der Waals surface area contributed by atoms with E-state index in [1.807, 2.05) is 19.1 Å². The fourth-order valence-corrected chi connectivity index (χ4v) is 4.01. The molecule has 1 atom stereocenters. The molecule has 1 aliphatic carbocycles. The van der Waals surface area contributed by atoms with Crippen molar-refractivity contribution in [2.45, 2.75) is 18.4 Å². The molecule has 0 spiro atoms.